The van der Waals surface area contributed by atoms with Gasteiger partial charge in [0, 0.05) is 17.7 Å². The van der Waals surface area contributed by atoms with Crippen molar-refractivity contribution in [2.45, 2.75) is 38.9 Å². The van der Waals surface area contributed by atoms with Crippen LogP contribution in [-0.2, 0) is 24.2 Å². The second kappa shape index (κ2) is 6.00. The van der Waals surface area contributed by atoms with Gasteiger partial charge in [0.1, 0.15) is 16.9 Å². The summed E-state index contributed by atoms with van der Waals surface area (Å²) >= 11 is 1.70. The Kier molecular flexibility index (Phi) is 3.70. The molecule has 0 fully saturated rings. The molecule has 3 aromatic heterocycles. The number of fused-ring (bicyclic) bond motifs is 5. The van der Waals surface area contributed by atoms with Gasteiger partial charge in [-0.1, -0.05) is 12.1 Å². The highest BCUT2D eigenvalue weighted by atomic mass is 32.1. The Morgan fingerprint density at radius 3 is 2.85 bits per heavy atom. The lowest BCUT2D eigenvalue weighted by atomic mass is 9.94. The molecule has 4 aromatic rings. The summed E-state index contributed by atoms with van der Waals surface area (Å²) in [5.41, 5.74) is 3.18. The number of rotatable bonds is 3. The Morgan fingerprint density at radius 1 is 1.26 bits per heavy atom. The Bertz CT molecular complexity index is 1140. The van der Waals surface area contributed by atoms with E-state index in [-0.39, 0.29) is 5.60 Å². The van der Waals surface area contributed by atoms with Gasteiger partial charge in [-0.15, -0.1) is 16.4 Å². The lowest BCUT2D eigenvalue weighted by Crippen LogP contribution is -2.31. The van der Waals surface area contributed by atoms with Crippen LogP contribution in [-0.4, -0.2) is 32.3 Å². The molecule has 0 radical (unpaired) electrons. The molecule has 0 N–H and O–H groups in total. The van der Waals surface area contributed by atoms with Crippen molar-refractivity contribution in [3.63, 3.8) is 0 Å². The van der Waals surface area contributed by atoms with Gasteiger partial charge >= 0.3 is 0 Å². The Labute approximate surface area is 160 Å². The standard InChI is InChI=1S/C20H20N4O2S/c1-20(2)9-14-15(10-26-20)27-19-17(14)18-22-16(23-24(18)11-21-19)8-12-4-6-13(25-3)7-5-12/h4-7,11H,8-10H2,1-3H3. The zero-order valence-electron chi connectivity index (χ0n) is 15.5. The maximum atomic E-state index is 5.97. The third kappa shape index (κ3) is 2.87. The van der Waals surface area contributed by atoms with Crippen LogP contribution >= 0.6 is 11.3 Å². The van der Waals surface area contributed by atoms with Crippen molar-refractivity contribution in [1.82, 2.24) is 19.6 Å². The fourth-order valence-corrected chi connectivity index (χ4v) is 4.65. The first-order chi connectivity index (χ1) is 13.0. The number of ether oxygens (including phenoxy) is 2. The molecular weight excluding hydrogens is 360 g/mol. The fraction of sp³-hybridized carbons (Fsp3) is 0.350. The van der Waals surface area contributed by atoms with Gasteiger partial charge in [0.05, 0.1) is 24.7 Å². The number of benzene rings is 1. The first-order valence-corrected chi connectivity index (χ1v) is 9.75. The third-order valence-electron chi connectivity index (χ3n) is 4.97. The number of aromatic nitrogens is 4. The second-order valence-electron chi connectivity index (χ2n) is 7.47. The van der Waals surface area contributed by atoms with E-state index in [0.29, 0.717) is 13.0 Å². The van der Waals surface area contributed by atoms with E-state index in [1.807, 2.05) is 24.3 Å². The highest BCUT2D eigenvalue weighted by molar-refractivity contribution is 7.19. The summed E-state index contributed by atoms with van der Waals surface area (Å²) in [6.45, 7) is 4.90. The van der Waals surface area contributed by atoms with Crippen LogP contribution in [0.5, 0.6) is 5.75 Å². The van der Waals surface area contributed by atoms with Gasteiger partial charge < -0.3 is 9.47 Å². The molecule has 4 heterocycles. The maximum Gasteiger partial charge on any atom is 0.167 e. The molecule has 27 heavy (non-hydrogen) atoms. The van der Waals surface area contributed by atoms with Crippen molar-refractivity contribution in [2.24, 2.45) is 0 Å². The summed E-state index contributed by atoms with van der Waals surface area (Å²) in [4.78, 5) is 11.7. The number of nitrogens with zero attached hydrogens (tertiary/aromatic N) is 4. The number of thiophene rings is 1. The third-order valence-corrected chi connectivity index (χ3v) is 6.09. The Morgan fingerprint density at radius 2 is 2.07 bits per heavy atom. The smallest absolute Gasteiger partial charge is 0.167 e. The van der Waals surface area contributed by atoms with Crippen molar-refractivity contribution >= 4 is 27.2 Å². The first-order valence-electron chi connectivity index (χ1n) is 8.94. The van der Waals surface area contributed by atoms with Gasteiger partial charge in [-0.05, 0) is 37.1 Å². The van der Waals surface area contributed by atoms with Crippen molar-refractivity contribution in [3.8, 4) is 5.75 Å². The molecule has 0 atom stereocenters. The van der Waals surface area contributed by atoms with Gasteiger partial charge in [0.15, 0.2) is 11.5 Å². The van der Waals surface area contributed by atoms with Crippen LogP contribution < -0.4 is 4.74 Å². The zero-order chi connectivity index (χ0) is 18.6. The molecule has 5 rings (SSSR count). The predicted molar refractivity (Wildman–Crippen MR) is 105 cm³/mol. The fourth-order valence-electron chi connectivity index (χ4n) is 3.59. The molecule has 1 aliphatic rings. The zero-order valence-corrected chi connectivity index (χ0v) is 16.3. The summed E-state index contributed by atoms with van der Waals surface area (Å²) in [5, 5.41) is 5.78. The minimum Gasteiger partial charge on any atom is -0.497 e. The Balaban J connectivity index is 1.58. The number of methoxy groups -OCH3 is 1. The SMILES string of the molecule is COc1ccc(Cc2nc3c4c5c(sc4ncn3n2)COC(C)(C)C5)cc1. The van der Waals surface area contributed by atoms with E-state index in [1.165, 1.54) is 10.4 Å². The highest BCUT2D eigenvalue weighted by Gasteiger charge is 2.30. The van der Waals surface area contributed by atoms with Gasteiger partial charge in [-0.2, -0.15) is 0 Å². The summed E-state index contributed by atoms with van der Waals surface area (Å²) in [5.74, 6) is 1.64. The van der Waals surface area contributed by atoms with E-state index in [1.54, 1.807) is 29.3 Å². The van der Waals surface area contributed by atoms with Crippen molar-refractivity contribution < 1.29 is 9.47 Å². The van der Waals surface area contributed by atoms with Gasteiger partial charge in [-0.25, -0.2) is 14.5 Å². The van der Waals surface area contributed by atoms with Crippen LogP contribution in [0.25, 0.3) is 15.9 Å². The van der Waals surface area contributed by atoms with E-state index in [4.69, 9.17) is 14.5 Å². The molecule has 0 unspecified atom stereocenters. The Hall–Kier alpha value is -2.51. The molecule has 0 amide bonds. The van der Waals surface area contributed by atoms with Crippen LogP contribution in [0.1, 0.15) is 35.7 Å². The predicted octanol–water partition coefficient (Wildman–Crippen LogP) is 3.79. The number of hydrogen-bond acceptors (Lipinski definition) is 6. The van der Waals surface area contributed by atoms with Gasteiger partial charge in [0.25, 0.3) is 0 Å². The molecule has 0 aliphatic carbocycles. The van der Waals surface area contributed by atoms with Crippen LogP contribution in [0.3, 0.4) is 0 Å². The number of hydrogen-bond donors (Lipinski definition) is 0. The van der Waals surface area contributed by atoms with Crippen molar-refractivity contribution in [3.05, 3.63) is 52.4 Å². The molecule has 7 heteroatoms. The molecule has 138 valence electrons. The van der Waals surface area contributed by atoms with Crippen LogP contribution in [0.15, 0.2) is 30.6 Å². The van der Waals surface area contributed by atoms with E-state index < -0.39 is 0 Å². The van der Waals surface area contributed by atoms with E-state index in [2.05, 4.69) is 23.9 Å². The molecule has 1 aromatic carbocycles. The van der Waals surface area contributed by atoms with Crippen LogP contribution in [0.4, 0.5) is 0 Å². The van der Waals surface area contributed by atoms with Crippen LogP contribution in [0.2, 0.25) is 0 Å². The summed E-state index contributed by atoms with van der Waals surface area (Å²) < 4.78 is 13.0. The maximum absolute atomic E-state index is 5.97. The lowest BCUT2D eigenvalue weighted by Gasteiger charge is -2.30. The molecule has 0 saturated heterocycles. The van der Waals surface area contributed by atoms with E-state index in [0.717, 1.165) is 39.4 Å². The summed E-state index contributed by atoms with van der Waals surface area (Å²) in [7, 11) is 1.67. The minimum absolute atomic E-state index is 0.167. The minimum atomic E-state index is -0.167. The quantitative estimate of drug-likeness (QED) is 0.541. The lowest BCUT2D eigenvalue weighted by molar-refractivity contribution is -0.0379. The monoisotopic (exact) mass is 380 g/mol. The van der Waals surface area contributed by atoms with Crippen molar-refractivity contribution in [1.29, 1.82) is 0 Å². The molecule has 6 nitrogen and oxygen atoms in total. The van der Waals surface area contributed by atoms with E-state index in [9.17, 15) is 0 Å². The van der Waals surface area contributed by atoms with Crippen LogP contribution in [0, 0.1) is 0 Å². The average molecular weight is 380 g/mol. The van der Waals surface area contributed by atoms with Crippen molar-refractivity contribution in [2.75, 3.05) is 7.11 Å². The van der Waals surface area contributed by atoms with Gasteiger partial charge in [0.2, 0.25) is 0 Å². The molecule has 0 bridgehead atoms. The normalized spacial score (nSPS) is 16.0. The average Bonchev–Trinajstić information content (AvgIpc) is 3.21. The van der Waals surface area contributed by atoms with E-state index >= 15 is 0 Å². The largest absolute Gasteiger partial charge is 0.497 e. The summed E-state index contributed by atoms with van der Waals surface area (Å²) in [6.07, 6.45) is 3.30. The topological polar surface area (TPSA) is 61.5 Å². The second-order valence-corrected chi connectivity index (χ2v) is 8.56. The molecule has 0 saturated carbocycles. The molecule has 1 aliphatic heterocycles. The molecule has 0 spiro atoms. The van der Waals surface area contributed by atoms with Gasteiger partial charge in [-0.3, -0.25) is 0 Å². The molecular formula is C20H20N4O2S. The highest BCUT2D eigenvalue weighted by Crippen LogP contribution is 2.39. The first kappa shape index (κ1) is 16.6. The summed E-state index contributed by atoms with van der Waals surface area (Å²) in [6, 6.07) is 8.01.